The van der Waals surface area contributed by atoms with Gasteiger partial charge >= 0.3 is 11.9 Å². The van der Waals surface area contributed by atoms with Crippen LogP contribution >= 0.6 is 0 Å². The highest BCUT2D eigenvalue weighted by molar-refractivity contribution is 5.90. The summed E-state index contributed by atoms with van der Waals surface area (Å²) in [6, 6.07) is 4.76. The molecule has 23 heavy (non-hydrogen) atoms. The van der Waals surface area contributed by atoms with Gasteiger partial charge in [0.25, 0.3) is 0 Å². The quantitative estimate of drug-likeness (QED) is 0.750. The summed E-state index contributed by atoms with van der Waals surface area (Å²) < 4.78 is 20.6. The van der Waals surface area contributed by atoms with Crippen molar-refractivity contribution < 1.29 is 28.5 Å². The lowest BCUT2D eigenvalue weighted by atomic mass is 9.98. The maximum absolute atomic E-state index is 12.2. The summed E-state index contributed by atoms with van der Waals surface area (Å²) in [7, 11) is 2.77. The lowest BCUT2D eigenvalue weighted by molar-refractivity contribution is -0.142. The summed E-state index contributed by atoms with van der Waals surface area (Å²) in [5, 5.41) is 0. The molecule has 0 bridgehead atoms. The molecule has 0 atom stereocenters. The zero-order valence-electron chi connectivity index (χ0n) is 13.5. The largest absolute Gasteiger partial charge is 0.493 e. The van der Waals surface area contributed by atoms with Crippen molar-refractivity contribution in [3.8, 4) is 11.5 Å². The van der Waals surface area contributed by atoms with E-state index in [0.29, 0.717) is 17.1 Å². The second-order valence-corrected chi connectivity index (χ2v) is 5.40. The Balaban J connectivity index is 2.05. The molecule has 126 valence electrons. The number of methoxy groups -OCH3 is 2. The van der Waals surface area contributed by atoms with Crippen LogP contribution in [0.25, 0.3) is 0 Å². The topological polar surface area (TPSA) is 71.1 Å². The SMILES string of the molecule is COC(=O)COc1cc(C(=O)OC2CCCCC2)ccc1OC. The minimum absolute atomic E-state index is 0.0159. The van der Waals surface area contributed by atoms with Crippen LogP contribution in [0.5, 0.6) is 11.5 Å². The molecule has 0 aromatic heterocycles. The van der Waals surface area contributed by atoms with Gasteiger partial charge in [0.1, 0.15) is 6.10 Å². The van der Waals surface area contributed by atoms with Crippen LogP contribution < -0.4 is 9.47 Å². The second kappa shape index (κ2) is 8.41. The molecule has 0 unspecified atom stereocenters. The van der Waals surface area contributed by atoms with E-state index < -0.39 is 5.97 Å². The first-order valence-electron chi connectivity index (χ1n) is 7.72. The minimum Gasteiger partial charge on any atom is -0.493 e. The Morgan fingerprint density at radius 1 is 1.09 bits per heavy atom. The van der Waals surface area contributed by atoms with Gasteiger partial charge in [-0.15, -0.1) is 0 Å². The fraction of sp³-hybridized carbons (Fsp3) is 0.529. The third kappa shape index (κ3) is 4.87. The zero-order valence-corrected chi connectivity index (χ0v) is 13.5. The van der Waals surface area contributed by atoms with E-state index in [2.05, 4.69) is 4.74 Å². The number of hydrogen-bond acceptors (Lipinski definition) is 6. The minimum atomic E-state index is -0.512. The monoisotopic (exact) mass is 322 g/mol. The van der Waals surface area contributed by atoms with E-state index in [4.69, 9.17) is 14.2 Å². The van der Waals surface area contributed by atoms with Gasteiger partial charge in [-0.1, -0.05) is 6.42 Å². The number of benzene rings is 1. The van der Waals surface area contributed by atoms with E-state index in [0.717, 1.165) is 25.7 Å². The van der Waals surface area contributed by atoms with Crippen molar-refractivity contribution in [1.29, 1.82) is 0 Å². The molecule has 6 heteroatoms. The Bertz CT molecular complexity index is 548. The van der Waals surface area contributed by atoms with E-state index >= 15 is 0 Å². The first-order chi connectivity index (χ1) is 11.1. The number of ether oxygens (including phenoxy) is 4. The zero-order chi connectivity index (χ0) is 16.7. The van der Waals surface area contributed by atoms with Crippen molar-refractivity contribution in [1.82, 2.24) is 0 Å². The highest BCUT2D eigenvalue weighted by Gasteiger charge is 2.20. The van der Waals surface area contributed by atoms with Gasteiger partial charge in [-0.3, -0.25) is 0 Å². The number of esters is 2. The molecule has 1 saturated carbocycles. The van der Waals surface area contributed by atoms with Crippen LogP contribution in [0.15, 0.2) is 18.2 Å². The molecule has 1 aliphatic rings. The van der Waals surface area contributed by atoms with E-state index in [1.165, 1.54) is 26.7 Å². The van der Waals surface area contributed by atoms with Gasteiger partial charge in [0.2, 0.25) is 0 Å². The van der Waals surface area contributed by atoms with Crippen LogP contribution in [0, 0.1) is 0 Å². The Labute approximate surface area is 135 Å². The summed E-state index contributed by atoms with van der Waals surface area (Å²) in [6.45, 7) is -0.256. The summed E-state index contributed by atoms with van der Waals surface area (Å²) in [5.41, 5.74) is 0.372. The highest BCUT2D eigenvalue weighted by Crippen LogP contribution is 2.29. The molecule has 1 fully saturated rings. The van der Waals surface area contributed by atoms with E-state index in [-0.39, 0.29) is 18.7 Å². The molecule has 0 aliphatic heterocycles. The Morgan fingerprint density at radius 2 is 1.83 bits per heavy atom. The normalized spacial score (nSPS) is 14.9. The standard InChI is InChI=1S/C17H22O6/c1-20-14-9-8-12(10-15(14)22-11-16(18)21-2)17(19)23-13-6-4-3-5-7-13/h8-10,13H,3-7,11H2,1-2H3. The van der Waals surface area contributed by atoms with Gasteiger partial charge in [-0.2, -0.15) is 0 Å². The molecule has 0 amide bonds. The molecule has 0 N–H and O–H groups in total. The van der Waals surface area contributed by atoms with Crippen molar-refractivity contribution in [2.24, 2.45) is 0 Å². The third-order valence-corrected chi connectivity index (χ3v) is 3.80. The molecule has 1 aliphatic carbocycles. The molecule has 1 aromatic rings. The van der Waals surface area contributed by atoms with Gasteiger partial charge in [-0.25, -0.2) is 9.59 Å². The average molecular weight is 322 g/mol. The van der Waals surface area contributed by atoms with Crippen molar-refractivity contribution >= 4 is 11.9 Å². The smallest absolute Gasteiger partial charge is 0.343 e. The van der Waals surface area contributed by atoms with Crippen LogP contribution in [0.4, 0.5) is 0 Å². The first kappa shape index (κ1) is 17.1. The summed E-state index contributed by atoms with van der Waals surface area (Å²) in [5.74, 6) is -0.163. The van der Waals surface area contributed by atoms with Gasteiger partial charge in [0, 0.05) is 0 Å². The summed E-state index contributed by atoms with van der Waals surface area (Å²) in [6.07, 6.45) is 5.18. The predicted molar refractivity (Wildman–Crippen MR) is 82.8 cm³/mol. The van der Waals surface area contributed by atoms with Gasteiger partial charge in [-0.05, 0) is 43.9 Å². The van der Waals surface area contributed by atoms with Crippen molar-refractivity contribution in [3.63, 3.8) is 0 Å². The van der Waals surface area contributed by atoms with E-state index in [9.17, 15) is 9.59 Å². The van der Waals surface area contributed by atoms with Crippen LogP contribution in [-0.4, -0.2) is 38.9 Å². The Kier molecular flexibility index (Phi) is 6.26. The van der Waals surface area contributed by atoms with E-state index in [1.54, 1.807) is 12.1 Å². The van der Waals surface area contributed by atoms with Crippen molar-refractivity contribution in [3.05, 3.63) is 23.8 Å². The molecule has 0 radical (unpaired) electrons. The molecule has 6 nitrogen and oxygen atoms in total. The highest BCUT2D eigenvalue weighted by atomic mass is 16.6. The molecule has 0 heterocycles. The van der Waals surface area contributed by atoms with Gasteiger partial charge in [0.15, 0.2) is 18.1 Å². The lowest BCUT2D eigenvalue weighted by Gasteiger charge is -2.22. The molecule has 2 rings (SSSR count). The number of carbonyl (C=O) groups is 2. The average Bonchev–Trinajstić information content (AvgIpc) is 2.60. The molecular weight excluding hydrogens is 300 g/mol. The van der Waals surface area contributed by atoms with Crippen LogP contribution in [-0.2, 0) is 14.3 Å². The molecule has 1 aromatic carbocycles. The summed E-state index contributed by atoms with van der Waals surface area (Å²) in [4.78, 5) is 23.4. The molecular formula is C17H22O6. The van der Waals surface area contributed by atoms with E-state index in [1.807, 2.05) is 0 Å². The van der Waals surface area contributed by atoms with Crippen LogP contribution in [0.3, 0.4) is 0 Å². The lowest BCUT2D eigenvalue weighted by Crippen LogP contribution is -2.21. The van der Waals surface area contributed by atoms with Crippen LogP contribution in [0.2, 0.25) is 0 Å². The maximum atomic E-state index is 12.2. The Morgan fingerprint density at radius 3 is 2.48 bits per heavy atom. The van der Waals surface area contributed by atoms with Crippen molar-refractivity contribution in [2.75, 3.05) is 20.8 Å². The fourth-order valence-corrected chi connectivity index (χ4v) is 2.51. The molecule has 0 saturated heterocycles. The third-order valence-electron chi connectivity index (χ3n) is 3.80. The predicted octanol–water partition coefficient (Wildman–Crippen LogP) is 2.74. The van der Waals surface area contributed by atoms with Gasteiger partial charge in [0.05, 0.1) is 19.8 Å². The number of rotatable bonds is 6. The maximum Gasteiger partial charge on any atom is 0.343 e. The fourth-order valence-electron chi connectivity index (χ4n) is 2.51. The number of hydrogen-bond donors (Lipinski definition) is 0. The Hall–Kier alpha value is -2.24. The van der Waals surface area contributed by atoms with Gasteiger partial charge < -0.3 is 18.9 Å². The van der Waals surface area contributed by atoms with Crippen LogP contribution in [0.1, 0.15) is 42.5 Å². The van der Waals surface area contributed by atoms with Crippen molar-refractivity contribution in [2.45, 2.75) is 38.2 Å². The summed E-state index contributed by atoms with van der Waals surface area (Å²) >= 11 is 0. The second-order valence-electron chi connectivity index (χ2n) is 5.40. The first-order valence-corrected chi connectivity index (χ1v) is 7.72. The number of carbonyl (C=O) groups excluding carboxylic acids is 2. The molecule has 0 spiro atoms.